The number of carbonyl (C=O) groups is 3. The lowest BCUT2D eigenvalue weighted by Gasteiger charge is -2.19. The number of pyridine rings is 1. The number of ketones is 1. The molecule has 0 aliphatic carbocycles. The van der Waals surface area contributed by atoms with Crippen LogP contribution in [-0.2, 0) is 14.3 Å². The van der Waals surface area contributed by atoms with Crippen molar-refractivity contribution in [2.45, 2.75) is 39.7 Å². The Bertz CT molecular complexity index is 770. The summed E-state index contributed by atoms with van der Waals surface area (Å²) < 4.78 is 11.6. The van der Waals surface area contributed by atoms with Gasteiger partial charge in [0.05, 0.1) is 17.1 Å². The van der Waals surface area contributed by atoms with E-state index in [0.717, 1.165) is 0 Å². The fourth-order valence-electron chi connectivity index (χ4n) is 1.89. The van der Waals surface area contributed by atoms with Gasteiger partial charge in [-0.1, -0.05) is 6.92 Å². The Morgan fingerprint density at radius 2 is 1.96 bits per heavy atom. The lowest BCUT2D eigenvalue weighted by atomic mass is 10.2. The minimum atomic E-state index is -0.973. The van der Waals surface area contributed by atoms with Crippen LogP contribution in [0.2, 0.25) is 0 Å². The van der Waals surface area contributed by atoms with Crippen LogP contribution in [0.4, 0.5) is 4.79 Å². The highest BCUT2D eigenvalue weighted by Crippen LogP contribution is 2.28. The van der Waals surface area contributed by atoms with Gasteiger partial charge in [0.25, 0.3) is 0 Å². The van der Waals surface area contributed by atoms with E-state index >= 15 is 0 Å². The van der Waals surface area contributed by atoms with Crippen molar-refractivity contribution in [2.24, 2.45) is 0 Å². The van der Waals surface area contributed by atoms with Gasteiger partial charge in [-0.05, 0) is 26.8 Å². The van der Waals surface area contributed by atoms with Crippen LogP contribution in [0.25, 0.3) is 10.9 Å². The van der Waals surface area contributed by atoms with E-state index in [4.69, 9.17) is 9.47 Å². The standard InChI is InChI=1S/C16H18N2O5/c1-5-12(19)14(20)22-13-9-18(15(21)23-16(2,3)4)11-6-7-17-8-10(11)13/h6-9H,5H2,1-4H3. The number of nitrogens with zero attached hydrogens (tertiary/aromatic N) is 2. The third-order valence-electron chi connectivity index (χ3n) is 2.91. The molecule has 2 aromatic rings. The van der Waals surface area contributed by atoms with Gasteiger partial charge in [0.1, 0.15) is 5.60 Å². The number of rotatable bonds is 3. The van der Waals surface area contributed by atoms with Crippen LogP contribution in [0, 0.1) is 0 Å². The molecule has 0 fully saturated rings. The van der Waals surface area contributed by atoms with Crippen LogP contribution >= 0.6 is 0 Å². The molecule has 0 amide bonds. The van der Waals surface area contributed by atoms with Crippen molar-refractivity contribution in [3.63, 3.8) is 0 Å². The second-order valence-corrected chi connectivity index (χ2v) is 5.90. The van der Waals surface area contributed by atoms with Gasteiger partial charge in [-0.25, -0.2) is 14.2 Å². The van der Waals surface area contributed by atoms with Crippen LogP contribution in [0.5, 0.6) is 5.75 Å². The summed E-state index contributed by atoms with van der Waals surface area (Å²) in [6.07, 6.45) is 3.71. The van der Waals surface area contributed by atoms with Crippen molar-refractivity contribution < 1.29 is 23.9 Å². The predicted molar refractivity (Wildman–Crippen MR) is 82.3 cm³/mol. The molecule has 23 heavy (non-hydrogen) atoms. The second kappa shape index (κ2) is 6.20. The first-order chi connectivity index (χ1) is 10.7. The molecule has 122 valence electrons. The zero-order valence-electron chi connectivity index (χ0n) is 13.5. The van der Waals surface area contributed by atoms with Crippen molar-refractivity contribution in [1.82, 2.24) is 9.55 Å². The average molecular weight is 318 g/mol. The van der Waals surface area contributed by atoms with Gasteiger partial charge in [-0.3, -0.25) is 9.78 Å². The molecule has 0 bridgehead atoms. The highest BCUT2D eigenvalue weighted by atomic mass is 16.6. The molecule has 0 saturated heterocycles. The van der Waals surface area contributed by atoms with Crippen LogP contribution in [-0.4, -0.2) is 33.0 Å². The third-order valence-corrected chi connectivity index (χ3v) is 2.91. The summed E-state index contributed by atoms with van der Waals surface area (Å²) in [7, 11) is 0. The molecule has 0 atom stereocenters. The minimum Gasteiger partial charge on any atom is -0.443 e. The Balaban J connectivity index is 2.42. The van der Waals surface area contributed by atoms with E-state index in [2.05, 4.69) is 4.98 Å². The molecule has 0 aromatic carbocycles. The summed E-state index contributed by atoms with van der Waals surface area (Å²) >= 11 is 0. The number of carbonyl (C=O) groups excluding carboxylic acids is 3. The molecule has 0 unspecified atom stereocenters. The molecule has 0 N–H and O–H groups in total. The summed E-state index contributed by atoms with van der Waals surface area (Å²) in [5.41, 5.74) is -0.198. The third kappa shape index (κ3) is 3.74. The molecule has 7 heteroatoms. The molecule has 0 radical (unpaired) electrons. The lowest BCUT2D eigenvalue weighted by molar-refractivity contribution is -0.146. The van der Waals surface area contributed by atoms with Crippen LogP contribution in [0.3, 0.4) is 0 Å². The number of hydrogen-bond donors (Lipinski definition) is 0. The largest absolute Gasteiger partial charge is 0.443 e. The lowest BCUT2D eigenvalue weighted by Crippen LogP contribution is -2.26. The Morgan fingerprint density at radius 1 is 1.26 bits per heavy atom. The van der Waals surface area contributed by atoms with Gasteiger partial charge in [-0.2, -0.15) is 0 Å². The Hall–Kier alpha value is -2.70. The molecule has 0 spiro atoms. The van der Waals surface area contributed by atoms with E-state index < -0.39 is 23.4 Å². The van der Waals surface area contributed by atoms with Crippen molar-refractivity contribution >= 4 is 28.7 Å². The SMILES string of the molecule is CCC(=O)C(=O)Oc1cn(C(=O)OC(C)(C)C)c2ccncc12. The first-order valence-corrected chi connectivity index (χ1v) is 7.16. The first-order valence-electron chi connectivity index (χ1n) is 7.16. The molecule has 2 heterocycles. The van der Waals surface area contributed by atoms with Crippen molar-refractivity contribution in [3.8, 4) is 5.75 Å². The van der Waals surface area contributed by atoms with Crippen LogP contribution in [0.1, 0.15) is 34.1 Å². The van der Waals surface area contributed by atoms with Crippen molar-refractivity contribution in [3.05, 3.63) is 24.7 Å². The topological polar surface area (TPSA) is 87.5 Å². The zero-order valence-corrected chi connectivity index (χ0v) is 13.5. The first kappa shape index (κ1) is 16.7. The number of fused-ring (bicyclic) bond motifs is 1. The molecule has 2 aromatic heterocycles. The minimum absolute atomic E-state index is 0.0434. The van der Waals surface area contributed by atoms with Crippen LogP contribution in [0.15, 0.2) is 24.7 Å². The van der Waals surface area contributed by atoms with Gasteiger partial charge >= 0.3 is 12.1 Å². The fourth-order valence-corrected chi connectivity index (χ4v) is 1.89. The fraction of sp³-hybridized carbons (Fsp3) is 0.375. The number of ether oxygens (including phenoxy) is 2. The smallest absolute Gasteiger partial charge is 0.419 e. The maximum atomic E-state index is 12.3. The van der Waals surface area contributed by atoms with Crippen molar-refractivity contribution in [1.29, 1.82) is 0 Å². The summed E-state index contributed by atoms with van der Waals surface area (Å²) in [4.78, 5) is 39.3. The Labute approximate surface area is 133 Å². The molecular formula is C16H18N2O5. The molecule has 2 rings (SSSR count). The quantitative estimate of drug-likeness (QED) is 0.638. The Morgan fingerprint density at radius 3 is 2.57 bits per heavy atom. The van der Waals surface area contributed by atoms with Gasteiger partial charge in [-0.15, -0.1) is 0 Å². The van der Waals surface area contributed by atoms with E-state index in [1.807, 2.05) is 0 Å². The summed E-state index contributed by atoms with van der Waals surface area (Å²) in [6.45, 7) is 6.81. The maximum absolute atomic E-state index is 12.3. The zero-order chi connectivity index (χ0) is 17.2. The summed E-state index contributed by atoms with van der Waals surface area (Å²) in [5, 5.41) is 0.440. The monoisotopic (exact) mass is 318 g/mol. The maximum Gasteiger partial charge on any atom is 0.419 e. The summed E-state index contributed by atoms with van der Waals surface area (Å²) in [5.74, 6) is -1.53. The van der Waals surface area contributed by atoms with E-state index in [9.17, 15) is 14.4 Å². The van der Waals surface area contributed by atoms with E-state index in [1.165, 1.54) is 23.2 Å². The number of Topliss-reactive ketones (excluding diaryl/α,β-unsaturated/α-hetero) is 1. The molecule has 0 aliphatic heterocycles. The molecule has 7 nitrogen and oxygen atoms in total. The number of esters is 1. The molecule has 0 aliphatic rings. The van der Waals surface area contributed by atoms with Gasteiger partial charge < -0.3 is 9.47 Å². The highest BCUT2D eigenvalue weighted by molar-refractivity contribution is 6.34. The molecular weight excluding hydrogens is 300 g/mol. The second-order valence-electron chi connectivity index (χ2n) is 5.90. The number of aromatic nitrogens is 2. The van der Waals surface area contributed by atoms with Gasteiger partial charge in [0.2, 0.25) is 5.78 Å². The van der Waals surface area contributed by atoms with Gasteiger partial charge in [0, 0.05) is 18.8 Å². The molecule has 0 saturated carbocycles. The summed E-state index contributed by atoms with van der Waals surface area (Å²) in [6, 6.07) is 1.60. The van der Waals surface area contributed by atoms with E-state index in [1.54, 1.807) is 33.8 Å². The van der Waals surface area contributed by atoms with E-state index in [0.29, 0.717) is 10.9 Å². The van der Waals surface area contributed by atoms with Crippen LogP contribution < -0.4 is 4.74 Å². The highest BCUT2D eigenvalue weighted by Gasteiger charge is 2.23. The van der Waals surface area contributed by atoms with Crippen molar-refractivity contribution in [2.75, 3.05) is 0 Å². The predicted octanol–water partition coefficient (Wildman–Crippen LogP) is 2.70. The number of hydrogen-bond acceptors (Lipinski definition) is 6. The Kier molecular flexibility index (Phi) is 4.49. The normalized spacial score (nSPS) is 11.3. The van der Waals surface area contributed by atoms with Gasteiger partial charge in [0.15, 0.2) is 5.75 Å². The van der Waals surface area contributed by atoms with E-state index in [-0.39, 0.29) is 12.2 Å². The average Bonchev–Trinajstić information content (AvgIpc) is 2.84.